The first-order chi connectivity index (χ1) is 8.41. The van der Waals surface area contributed by atoms with Crippen molar-refractivity contribution in [2.45, 2.75) is 33.6 Å². The Labute approximate surface area is 108 Å². The fourth-order valence-electron chi connectivity index (χ4n) is 1.33. The van der Waals surface area contributed by atoms with Gasteiger partial charge in [-0.1, -0.05) is 20.8 Å². The summed E-state index contributed by atoms with van der Waals surface area (Å²) in [6.07, 6.45) is 2.42. The highest BCUT2D eigenvalue weighted by atomic mass is 14.9. The summed E-state index contributed by atoms with van der Waals surface area (Å²) in [5.41, 5.74) is 0. The Balaban J connectivity index is 0. The van der Waals surface area contributed by atoms with Gasteiger partial charge in [0.1, 0.15) is 0 Å². The van der Waals surface area contributed by atoms with Gasteiger partial charge in [-0.2, -0.15) is 0 Å². The Morgan fingerprint density at radius 3 is 1.59 bits per heavy atom. The van der Waals surface area contributed by atoms with Crippen LogP contribution in [-0.2, 0) is 0 Å². The van der Waals surface area contributed by atoms with E-state index in [4.69, 9.17) is 0 Å². The van der Waals surface area contributed by atoms with Crippen molar-refractivity contribution in [3.63, 3.8) is 0 Å². The van der Waals surface area contributed by atoms with Crippen molar-refractivity contribution >= 4 is 0 Å². The number of nitrogens with one attached hydrogen (secondary N) is 4. The minimum Gasteiger partial charge on any atom is -0.320 e. The summed E-state index contributed by atoms with van der Waals surface area (Å²) < 4.78 is 0. The molecule has 0 aliphatic heterocycles. The van der Waals surface area contributed by atoms with Gasteiger partial charge in [0, 0.05) is 13.1 Å². The lowest BCUT2D eigenvalue weighted by atomic mass is 10.4. The molecule has 0 amide bonds. The minimum absolute atomic E-state index is 1.07. The summed E-state index contributed by atoms with van der Waals surface area (Å²) in [6, 6.07) is 0. The van der Waals surface area contributed by atoms with Gasteiger partial charge >= 0.3 is 0 Å². The topological polar surface area (TPSA) is 48.1 Å². The van der Waals surface area contributed by atoms with Crippen molar-refractivity contribution in [1.29, 1.82) is 0 Å². The van der Waals surface area contributed by atoms with E-state index < -0.39 is 0 Å². The van der Waals surface area contributed by atoms with E-state index >= 15 is 0 Å². The molecule has 0 aliphatic carbocycles. The van der Waals surface area contributed by atoms with Crippen LogP contribution in [0.15, 0.2) is 0 Å². The quantitative estimate of drug-likeness (QED) is 0.385. The summed E-state index contributed by atoms with van der Waals surface area (Å²) in [6.45, 7) is 13.8. The Kier molecular flexibility index (Phi) is 23.9. The third-order valence-electron chi connectivity index (χ3n) is 2.22. The van der Waals surface area contributed by atoms with Crippen LogP contribution in [-0.4, -0.2) is 52.9 Å². The molecule has 0 saturated carbocycles. The fourth-order valence-corrected chi connectivity index (χ4v) is 1.33. The monoisotopic (exact) mass is 246 g/mol. The van der Waals surface area contributed by atoms with Gasteiger partial charge < -0.3 is 21.3 Å². The summed E-state index contributed by atoms with van der Waals surface area (Å²) in [5, 5.41) is 13.3. The fraction of sp³-hybridized carbons (Fsp3) is 1.00. The molecule has 0 atom stereocenters. The molecular formula is C13H34N4. The van der Waals surface area contributed by atoms with Gasteiger partial charge in [0.05, 0.1) is 0 Å². The summed E-state index contributed by atoms with van der Waals surface area (Å²) in [4.78, 5) is 0. The van der Waals surface area contributed by atoms with Crippen LogP contribution in [0.25, 0.3) is 0 Å². The van der Waals surface area contributed by atoms with Gasteiger partial charge in [-0.15, -0.1) is 0 Å². The molecule has 0 aliphatic rings. The number of hydrogen-bond acceptors (Lipinski definition) is 4. The van der Waals surface area contributed by atoms with E-state index in [-0.39, 0.29) is 0 Å². The van der Waals surface area contributed by atoms with E-state index in [1.54, 1.807) is 0 Å². The third-order valence-corrected chi connectivity index (χ3v) is 2.22. The molecule has 4 nitrogen and oxygen atoms in total. The van der Waals surface area contributed by atoms with E-state index in [1.165, 1.54) is 12.8 Å². The molecule has 17 heavy (non-hydrogen) atoms. The van der Waals surface area contributed by atoms with E-state index in [2.05, 4.69) is 28.2 Å². The van der Waals surface area contributed by atoms with Crippen LogP contribution < -0.4 is 21.3 Å². The lowest BCUT2D eigenvalue weighted by Crippen LogP contribution is -2.30. The van der Waals surface area contributed by atoms with Crippen molar-refractivity contribution in [3.05, 3.63) is 0 Å². The highest BCUT2D eigenvalue weighted by Gasteiger charge is 1.89. The molecule has 4 N–H and O–H groups in total. The van der Waals surface area contributed by atoms with Gasteiger partial charge in [-0.25, -0.2) is 0 Å². The molecule has 0 saturated heterocycles. The van der Waals surface area contributed by atoms with Gasteiger partial charge in [-0.05, 0) is 52.6 Å². The Morgan fingerprint density at radius 1 is 0.647 bits per heavy atom. The average molecular weight is 246 g/mol. The molecule has 0 fully saturated rings. The van der Waals surface area contributed by atoms with Crippen molar-refractivity contribution in [3.8, 4) is 0 Å². The van der Waals surface area contributed by atoms with Crippen molar-refractivity contribution in [2.24, 2.45) is 0 Å². The Morgan fingerprint density at radius 2 is 1.12 bits per heavy atom. The lowest BCUT2D eigenvalue weighted by molar-refractivity contribution is 0.567. The van der Waals surface area contributed by atoms with E-state index in [0.29, 0.717) is 0 Å². The van der Waals surface area contributed by atoms with Crippen molar-refractivity contribution in [2.75, 3.05) is 52.9 Å². The maximum absolute atomic E-state index is 3.42. The highest BCUT2D eigenvalue weighted by Crippen LogP contribution is 1.73. The summed E-state index contributed by atoms with van der Waals surface area (Å²) in [5.74, 6) is 0. The zero-order chi connectivity index (χ0) is 13.2. The SMILES string of the molecule is CC.CCNCCCNCCNCCCNC. The van der Waals surface area contributed by atoms with E-state index in [9.17, 15) is 0 Å². The van der Waals surface area contributed by atoms with E-state index in [1.807, 2.05) is 20.9 Å². The Bertz CT molecular complexity index is 97.6. The van der Waals surface area contributed by atoms with Gasteiger partial charge in [0.25, 0.3) is 0 Å². The summed E-state index contributed by atoms with van der Waals surface area (Å²) in [7, 11) is 1.99. The largest absolute Gasteiger partial charge is 0.320 e. The number of hydrogen-bond donors (Lipinski definition) is 4. The van der Waals surface area contributed by atoms with Gasteiger partial charge in [0.2, 0.25) is 0 Å². The van der Waals surface area contributed by atoms with Crippen LogP contribution >= 0.6 is 0 Å². The lowest BCUT2D eigenvalue weighted by Gasteiger charge is -2.06. The van der Waals surface area contributed by atoms with Crippen LogP contribution in [0.2, 0.25) is 0 Å². The Hall–Kier alpha value is -0.160. The van der Waals surface area contributed by atoms with Crippen LogP contribution in [0.5, 0.6) is 0 Å². The minimum atomic E-state index is 1.07. The highest BCUT2D eigenvalue weighted by molar-refractivity contribution is 4.54. The second-order valence-electron chi connectivity index (χ2n) is 3.66. The molecule has 0 radical (unpaired) electrons. The molecule has 0 aromatic heterocycles. The van der Waals surface area contributed by atoms with Crippen LogP contribution in [0.3, 0.4) is 0 Å². The molecule has 0 aromatic rings. The van der Waals surface area contributed by atoms with Crippen molar-refractivity contribution in [1.82, 2.24) is 21.3 Å². The maximum atomic E-state index is 3.42. The third kappa shape index (κ3) is 21.6. The molecule has 0 heterocycles. The molecule has 4 heteroatoms. The predicted molar refractivity (Wildman–Crippen MR) is 78.8 cm³/mol. The second kappa shape index (κ2) is 21.2. The molecule has 0 aromatic carbocycles. The average Bonchev–Trinajstić information content (AvgIpc) is 2.38. The van der Waals surface area contributed by atoms with Crippen LogP contribution in [0, 0.1) is 0 Å². The second-order valence-corrected chi connectivity index (χ2v) is 3.66. The molecule has 0 rings (SSSR count). The zero-order valence-corrected chi connectivity index (χ0v) is 12.4. The van der Waals surface area contributed by atoms with Crippen molar-refractivity contribution < 1.29 is 0 Å². The zero-order valence-electron chi connectivity index (χ0n) is 12.4. The van der Waals surface area contributed by atoms with Gasteiger partial charge in [-0.3, -0.25) is 0 Å². The maximum Gasteiger partial charge on any atom is 0.00767 e. The van der Waals surface area contributed by atoms with Crippen LogP contribution in [0.4, 0.5) is 0 Å². The van der Waals surface area contributed by atoms with E-state index in [0.717, 1.165) is 45.8 Å². The molecular weight excluding hydrogens is 212 g/mol. The predicted octanol–water partition coefficient (Wildman–Crippen LogP) is 0.801. The molecule has 0 spiro atoms. The summed E-state index contributed by atoms with van der Waals surface area (Å²) >= 11 is 0. The normalized spacial score (nSPS) is 9.88. The standard InChI is InChI=1S/C11H28N4.C2H6/c1-3-13-7-5-9-15-11-10-14-8-4-6-12-2;1-2/h12-15H,3-11H2,1-2H3;1-2H3. The first-order valence-electron chi connectivity index (χ1n) is 7.18. The van der Waals surface area contributed by atoms with Crippen LogP contribution in [0.1, 0.15) is 33.6 Å². The first-order valence-corrected chi connectivity index (χ1v) is 7.18. The first kappa shape index (κ1) is 19.2. The smallest absolute Gasteiger partial charge is 0.00767 e. The molecule has 0 unspecified atom stereocenters. The number of rotatable bonds is 12. The molecule has 0 bridgehead atoms. The van der Waals surface area contributed by atoms with Gasteiger partial charge in [0.15, 0.2) is 0 Å². The molecule has 106 valence electrons.